The molecule has 0 radical (unpaired) electrons. The molecule has 0 aromatic heterocycles. The fourth-order valence-corrected chi connectivity index (χ4v) is 4.45. The molecular weight excluding hydrogens is 409 g/mol. The van der Waals surface area contributed by atoms with E-state index in [0.29, 0.717) is 11.3 Å². The van der Waals surface area contributed by atoms with Crippen LogP contribution in [0, 0.1) is 5.82 Å². The van der Waals surface area contributed by atoms with Crippen LogP contribution in [0.15, 0.2) is 47.4 Å². The molecule has 30 heavy (non-hydrogen) atoms. The van der Waals surface area contributed by atoms with Gasteiger partial charge in [-0.3, -0.25) is 9.59 Å². The van der Waals surface area contributed by atoms with Gasteiger partial charge in [-0.1, -0.05) is 12.1 Å². The third-order valence-electron chi connectivity index (χ3n) is 5.20. The predicted molar refractivity (Wildman–Crippen MR) is 111 cm³/mol. The minimum atomic E-state index is -3.84. The van der Waals surface area contributed by atoms with Gasteiger partial charge in [-0.25, -0.2) is 17.5 Å². The van der Waals surface area contributed by atoms with Gasteiger partial charge in [-0.05, 0) is 55.3 Å². The second-order valence-electron chi connectivity index (χ2n) is 7.72. The summed E-state index contributed by atoms with van der Waals surface area (Å²) < 4.78 is 40.5. The van der Waals surface area contributed by atoms with Crippen molar-refractivity contribution >= 4 is 27.5 Å². The molecule has 7 nitrogen and oxygen atoms in total. The number of benzene rings is 2. The van der Waals surface area contributed by atoms with Crippen LogP contribution < -0.4 is 14.9 Å². The van der Waals surface area contributed by atoms with E-state index in [1.54, 1.807) is 39.1 Å². The molecule has 3 rings (SSSR count). The molecule has 2 aromatic rings. The Balaban J connectivity index is 1.58. The van der Waals surface area contributed by atoms with Gasteiger partial charge in [0.15, 0.2) is 0 Å². The fraction of sp³-hybridized carbons (Fsp3) is 0.333. The summed E-state index contributed by atoms with van der Waals surface area (Å²) in [6.07, 6.45) is -0.0436. The van der Waals surface area contributed by atoms with Crippen LogP contribution in [0.5, 0.6) is 0 Å². The van der Waals surface area contributed by atoms with E-state index in [4.69, 9.17) is 0 Å². The van der Waals surface area contributed by atoms with Crippen molar-refractivity contribution in [3.63, 3.8) is 0 Å². The van der Waals surface area contributed by atoms with Crippen molar-refractivity contribution in [1.82, 2.24) is 10.0 Å². The zero-order valence-electron chi connectivity index (χ0n) is 17.0. The van der Waals surface area contributed by atoms with Crippen molar-refractivity contribution in [3.8, 4) is 0 Å². The molecule has 2 amide bonds. The van der Waals surface area contributed by atoms with E-state index in [9.17, 15) is 22.4 Å². The van der Waals surface area contributed by atoms with Crippen LogP contribution in [-0.4, -0.2) is 33.8 Å². The van der Waals surface area contributed by atoms with Crippen LogP contribution >= 0.6 is 0 Å². The van der Waals surface area contributed by atoms with Crippen molar-refractivity contribution in [3.05, 3.63) is 59.4 Å². The molecule has 9 heteroatoms. The molecule has 0 saturated heterocycles. The van der Waals surface area contributed by atoms with Crippen LogP contribution in [0.3, 0.4) is 0 Å². The number of hydrogen-bond donors (Lipinski definition) is 2. The highest BCUT2D eigenvalue weighted by molar-refractivity contribution is 7.89. The topological polar surface area (TPSA) is 95.6 Å². The quantitative estimate of drug-likeness (QED) is 0.699. The van der Waals surface area contributed by atoms with Crippen molar-refractivity contribution in [2.24, 2.45) is 0 Å². The van der Waals surface area contributed by atoms with Crippen molar-refractivity contribution < 1.29 is 22.4 Å². The van der Waals surface area contributed by atoms with Crippen LogP contribution in [0.2, 0.25) is 0 Å². The van der Waals surface area contributed by atoms with Crippen molar-refractivity contribution in [2.75, 3.05) is 18.5 Å². The molecule has 0 fully saturated rings. The molecular formula is C21H24FN3O4S. The van der Waals surface area contributed by atoms with Crippen molar-refractivity contribution in [1.29, 1.82) is 0 Å². The van der Waals surface area contributed by atoms with Crippen LogP contribution in [0.25, 0.3) is 0 Å². The number of halogens is 1. The number of hydrogen-bond acceptors (Lipinski definition) is 4. The maximum Gasteiger partial charge on any atom is 0.240 e. The monoisotopic (exact) mass is 433 g/mol. The minimum absolute atomic E-state index is 0.0436. The second kappa shape index (κ2) is 8.16. The molecule has 0 aliphatic carbocycles. The largest absolute Gasteiger partial charge is 0.352 e. The molecule has 1 aliphatic rings. The maximum atomic E-state index is 12.9. The highest BCUT2D eigenvalue weighted by Crippen LogP contribution is 2.41. The second-order valence-corrected chi connectivity index (χ2v) is 9.49. The smallest absolute Gasteiger partial charge is 0.240 e. The van der Waals surface area contributed by atoms with Gasteiger partial charge < -0.3 is 10.2 Å². The standard InChI is InChI=1S/C21H24FN3O4S/c1-21(2)17-12-16(8-9-18(17)25(3)20(21)27)30(28,29)24-11-10-19(26)23-13-14-4-6-15(22)7-5-14/h4-9,12,24H,10-11,13H2,1-3H3,(H,23,26). The lowest BCUT2D eigenvalue weighted by molar-refractivity contribution is -0.122. The number of carbonyl (C=O) groups excluding carboxylic acids is 2. The first-order valence-corrected chi connectivity index (χ1v) is 10.9. The lowest BCUT2D eigenvalue weighted by atomic mass is 9.86. The van der Waals surface area contributed by atoms with E-state index in [2.05, 4.69) is 10.0 Å². The van der Waals surface area contributed by atoms with Gasteiger partial charge in [0.25, 0.3) is 0 Å². The Morgan fingerprint density at radius 3 is 2.47 bits per heavy atom. The summed E-state index contributed by atoms with van der Waals surface area (Å²) in [6.45, 7) is 3.67. The average Bonchev–Trinajstić information content (AvgIpc) is 2.87. The molecule has 0 spiro atoms. The highest BCUT2D eigenvalue weighted by Gasteiger charge is 2.42. The predicted octanol–water partition coefficient (Wildman–Crippen LogP) is 2.06. The molecule has 0 atom stereocenters. The summed E-state index contributed by atoms with van der Waals surface area (Å²) in [5.41, 5.74) is 1.26. The van der Waals surface area contributed by atoms with Gasteiger partial charge >= 0.3 is 0 Å². The summed E-state index contributed by atoms with van der Waals surface area (Å²) in [5, 5.41) is 2.66. The first-order chi connectivity index (χ1) is 14.0. The molecule has 2 aromatic carbocycles. The van der Waals surface area contributed by atoms with E-state index in [1.807, 2.05) is 0 Å². The maximum absolute atomic E-state index is 12.9. The number of nitrogens with one attached hydrogen (secondary N) is 2. The highest BCUT2D eigenvalue weighted by atomic mass is 32.2. The van der Waals surface area contributed by atoms with E-state index < -0.39 is 15.4 Å². The normalized spacial score (nSPS) is 15.2. The number of nitrogens with zero attached hydrogens (tertiary/aromatic N) is 1. The van der Waals surface area contributed by atoms with E-state index in [-0.39, 0.29) is 42.0 Å². The van der Waals surface area contributed by atoms with Gasteiger partial charge in [-0.15, -0.1) is 0 Å². The number of sulfonamides is 1. The number of anilines is 1. The molecule has 0 saturated carbocycles. The van der Waals surface area contributed by atoms with Crippen LogP contribution in [-0.2, 0) is 31.6 Å². The Labute approximate surface area is 175 Å². The van der Waals surface area contributed by atoms with Gasteiger partial charge in [0.05, 0.1) is 10.3 Å². The van der Waals surface area contributed by atoms with Crippen LogP contribution in [0.4, 0.5) is 10.1 Å². The van der Waals surface area contributed by atoms with Gasteiger partial charge in [0, 0.05) is 32.2 Å². The third-order valence-corrected chi connectivity index (χ3v) is 6.66. The average molecular weight is 434 g/mol. The Morgan fingerprint density at radius 2 is 1.80 bits per heavy atom. The fourth-order valence-electron chi connectivity index (χ4n) is 3.39. The summed E-state index contributed by atoms with van der Waals surface area (Å²) in [7, 11) is -2.18. The van der Waals surface area contributed by atoms with Crippen LogP contribution in [0.1, 0.15) is 31.4 Å². The number of rotatable bonds is 7. The van der Waals surface area contributed by atoms with E-state index in [1.165, 1.54) is 29.2 Å². The first kappa shape index (κ1) is 21.9. The van der Waals surface area contributed by atoms with Gasteiger partial charge in [-0.2, -0.15) is 0 Å². The first-order valence-electron chi connectivity index (χ1n) is 9.46. The van der Waals surface area contributed by atoms with E-state index >= 15 is 0 Å². The van der Waals surface area contributed by atoms with Gasteiger partial charge in [0.1, 0.15) is 5.82 Å². The molecule has 1 aliphatic heterocycles. The Hall–Kier alpha value is -2.78. The summed E-state index contributed by atoms with van der Waals surface area (Å²) >= 11 is 0. The molecule has 0 bridgehead atoms. The van der Waals surface area contributed by atoms with E-state index in [0.717, 1.165) is 5.56 Å². The zero-order valence-corrected chi connectivity index (χ0v) is 17.8. The minimum Gasteiger partial charge on any atom is -0.352 e. The summed E-state index contributed by atoms with van der Waals surface area (Å²) in [4.78, 5) is 25.9. The lowest BCUT2D eigenvalue weighted by Crippen LogP contribution is -2.33. The SMILES string of the molecule is CN1C(=O)C(C)(C)c2cc(S(=O)(=O)NCCC(=O)NCc3ccc(F)cc3)ccc21. The molecule has 0 unspecified atom stereocenters. The Bertz CT molecular complexity index is 1080. The Morgan fingerprint density at radius 1 is 1.13 bits per heavy atom. The van der Waals surface area contributed by atoms with Crippen molar-refractivity contribution in [2.45, 2.75) is 37.1 Å². The number of fused-ring (bicyclic) bond motifs is 1. The third kappa shape index (κ3) is 4.36. The summed E-state index contributed by atoms with van der Waals surface area (Å²) in [6, 6.07) is 10.3. The molecule has 160 valence electrons. The molecule has 1 heterocycles. The molecule has 2 N–H and O–H groups in total. The number of carbonyl (C=O) groups is 2. The lowest BCUT2D eigenvalue weighted by Gasteiger charge is -2.16. The Kier molecular flexibility index (Phi) is 5.96. The summed E-state index contributed by atoms with van der Waals surface area (Å²) in [5.74, 6) is -0.785. The number of amides is 2. The zero-order chi connectivity index (χ0) is 22.1. The number of likely N-dealkylation sites (N-methyl/N-ethyl adjacent to an activating group) is 1. The van der Waals surface area contributed by atoms with Gasteiger partial charge in [0.2, 0.25) is 21.8 Å².